The van der Waals surface area contributed by atoms with Crippen molar-refractivity contribution < 1.29 is 17.8 Å². The number of hydrogen-bond donors (Lipinski definition) is 0. The average molecular weight is 639 g/mol. The van der Waals surface area contributed by atoms with E-state index in [1.807, 2.05) is 6.07 Å². The molecule has 0 saturated heterocycles. The molecule has 10 nitrogen and oxygen atoms in total. The molecule has 0 amide bonds. The molecule has 14 heteroatoms. The summed E-state index contributed by atoms with van der Waals surface area (Å²) in [6.45, 7) is 0.518. The zero-order valence-electron chi connectivity index (χ0n) is 22.7. The van der Waals surface area contributed by atoms with Crippen molar-refractivity contribution in [2.75, 3.05) is 0 Å². The van der Waals surface area contributed by atoms with E-state index in [9.17, 15) is 18.4 Å². The van der Waals surface area contributed by atoms with Crippen molar-refractivity contribution in [1.82, 2.24) is 29.4 Å². The number of halogens is 4. The Hall–Kier alpha value is -4.94. The second kappa shape index (κ2) is 14.0. The van der Waals surface area contributed by atoms with Crippen LogP contribution in [0.15, 0.2) is 104 Å². The van der Waals surface area contributed by atoms with E-state index in [-0.39, 0.29) is 47.1 Å². The fraction of sp³-hybridized carbons (Fsp3) is 0.133. The Labute approximate surface area is 258 Å². The van der Waals surface area contributed by atoms with Crippen LogP contribution in [0, 0.1) is 11.6 Å². The highest BCUT2D eigenvalue weighted by Gasteiger charge is 2.17. The molecule has 0 aliphatic carbocycles. The van der Waals surface area contributed by atoms with Gasteiger partial charge in [-0.3, -0.25) is 28.1 Å². The normalized spacial score (nSPS) is 10.8. The van der Waals surface area contributed by atoms with Crippen LogP contribution in [-0.4, -0.2) is 29.4 Å². The number of pyridine rings is 2. The lowest BCUT2D eigenvalue weighted by Crippen LogP contribution is -2.18. The van der Waals surface area contributed by atoms with Crippen molar-refractivity contribution in [2.45, 2.75) is 25.9 Å². The molecule has 0 saturated carbocycles. The van der Waals surface area contributed by atoms with Crippen molar-refractivity contribution in [3.8, 4) is 0 Å². The number of nitrogens with zero attached hydrogens (tertiary/aromatic N) is 6. The molecular weight excluding hydrogens is 617 g/mol. The first-order chi connectivity index (χ1) is 21.3. The number of hydrogen-bond acceptors (Lipinski definition) is 8. The van der Waals surface area contributed by atoms with Crippen LogP contribution in [0.3, 0.4) is 0 Å². The summed E-state index contributed by atoms with van der Waals surface area (Å²) in [4.78, 5) is 31.5. The minimum absolute atomic E-state index is 0.0670. The molecule has 0 aliphatic heterocycles. The van der Waals surface area contributed by atoms with Crippen LogP contribution in [0.4, 0.5) is 8.78 Å². The van der Waals surface area contributed by atoms with Gasteiger partial charge in [0.05, 0.1) is 13.1 Å². The third-order valence-electron chi connectivity index (χ3n) is 6.47. The van der Waals surface area contributed by atoms with Gasteiger partial charge in [0.2, 0.25) is 0 Å². The Morgan fingerprint density at radius 1 is 0.636 bits per heavy atom. The number of rotatable bonds is 8. The van der Waals surface area contributed by atoms with Gasteiger partial charge in [-0.05, 0) is 53.6 Å². The van der Waals surface area contributed by atoms with Gasteiger partial charge in [-0.25, -0.2) is 18.4 Å². The van der Waals surface area contributed by atoms with Crippen LogP contribution in [0.5, 0.6) is 0 Å². The molecule has 44 heavy (non-hydrogen) atoms. The molecule has 0 unspecified atom stereocenters. The Bertz CT molecular complexity index is 1790. The van der Waals surface area contributed by atoms with Gasteiger partial charge in [0.15, 0.2) is 11.6 Å². The zero-order chi connectivity index (χ0) is 31.1. The predicted octanol–water partition coefficient (Wildman–Crippen LogP) is 5.33. The van der Waals surface area contributed by atoms with E-state index < -0.39 is 23.1 Å². The molecule has 6 aromatic rings. The Morgan fingerprint density at radius 2 is 1.16 bits per heavy atom. The summed E-state index contributed by atoms with van der Waals surface area (Å²) in [6.07, 6.45) is 6.67. The van der Waals surface area contributed by atoms with E-state index in [2.05, 4.69) is 20.3 Å². The third-order valence-corrected chi connectivity index (χ3v) is 7.18. The fourth-order valence-corrected chi connectivity index (χ4v) is 4.68. The molecule has 0 aliphatic rings. The maximum Gasteiger partial charge on any atom is 0.441 e. The molecule has 0 bridgehead atoms. The first kappa shape index (κ1) is 30.5. The summed E-state index contributed by atoms with van der Waals surface area (Å²) in [7, 11) is 0. The minimum atomic E-state index is -0.605. The summed E-state index contributed by atoms with van der Waals surface area (Å²) < 4.78 is 39.8. The SMILES string of the molecule is O=c1onc(Cc2c(F)cccc2Cl)n1Cc1cccnc1.O=c1onc(Cc2c(F)cccc2Cl)n1Cc1ccncc1. The van der Waals surface area contributed by atoms with Crippen molar-refractivity contribution >= 4 is 23.2 Å². The van der Waals surface area contributed by atoms with Crippen LogP contribution in [0.25, 0.3) is 0 Å². The lowest BCUT2D eigenvalue weighted by Gasteiger charge is -2.07. The standard InChI is InChI=1S/2C15H11ClFN3O2/c16-12-4-1-5-13(17)11(12)7-14-19-22-15(21)20(14)9-10-3-2-6-18-8-10;16-12-2-1-3-13(17)11(12)8-14-19-22-15(21)20(14)9-10-4-6-18-7-5-10/h1-6,8H,7,9H2;1-7H,8-9H2. The maximum absolute atomic E-state index is 13.9. The second-order valence-electron chi connectivity index (χ2n) is 9.37. The van der Waals surface area contributed by atoms with E-state index >= 15 is 0 Å². The van der Waals surface area contributed by atoms with Gasteiger partial charge in [-0.2, -0.15) is 0 Å². The van der Waals surface area contributed by atoms with E-state index in [1.54, 1.807) is 55.1 Å². The molecule has 0 atom stereocenters. The third kappa shape index (κ3) is 7.33. The molecule has 0 fully saturated rings. The van der Waals surface area contributed by atoms with Crippen LogP contribution >= 0.6 is 23.2 Å². The molecule has 4 heterocycles. The highest BCUT2D eigenvalue weighted by molar-refractivity contribution is 6.31. The average Bonchev–Trinajstić information content (AvgIpc) is 3.54. The topological polar surface area (TPSA) is 122 Å². The van der Waals surface area contributed by atoms with Gasteiger partial charge in [0.25, 0.3) is 0 Å². The monoisotopic (exact) mass is 638 g/mol. The maximum atomic E-state index is 13.9. The Morgan fingerprint density at radius 3 is 1.64 bits per heavy atom. The second-order valence-corrected chi connectivity index (χ2v) is 10.2. The van der Waals surface area contributed by atoms with Crippen LogP contribution < -0.4 is 11.5 Å². The molecule has 2 aromatic carbocycles. The van der Waals surface area contributed by atoms with Gasteiger partial charge < -0.3 is 0 Å². The van der Waals surface area contributed by atoms with Crippen molar-refractivity contribution in [3.05, 3.63) is 162 Å². The Kier molecular flexibility index (Phi) is 9.72. The van der Waals surface area contributed by atoms with Crippen LogP contribution in [0.1, 0.15) is 33.9 Å². The highest BCUT2D eigenvalue weighted by Crippen LogP contribution is 2.23. The van der Waals surface area contributed by atoms with Crippen molar-refractivity contribution in [1.29, 1.82) is 0 Å². The molecule has 0 spiro atoms. The molecule has 0 radical (unpaired) electrons. The zero-order valence-corrected chi connectivity index (χ0v) is 24.3. The first-order valence-electron chi connectivity index (χ1n) is 13.0. The van der Waals surface area contributed by atoms with Crippen LogP contribution in [-0.2, 0) is 25.9 Å². The summed E-state index contributed by atoms with van der Waals surface area (Å²) >= 11 is 12.0. The lowest BCUT2D eigenvalue weighted by molar-refractivity contribution is 0.375. The molecule has 4 aromatic heterocycles. The highest BCUT2D eigenvalue weighted by atomic mass is 35.5. The van der Waals surface area contributed by atoms with Gasteiger partial charge in [0, 0.05) is 58.8 Å². The number of aromatic nitrogens is 6. The molecular formula is C30H22Cl2F2N6O4. The molecule has 224 valence electrons. The predicted molar refractivity (Wildman–Crippen MR) is 157 cm³/mol. The summed E-state index contributed by atoms with van der Waals surface area (Å²) in [5.74, 6) is -1.48. The summed E-state index contributed by atoms with van der Waals surface area (Å²) in [6, 6.07) is 16.0. The minimum Gasteiger partial charge on any atom is -0.296 e. The lowest BCUT2D eigenvalue weighted by atomic mass is 10.1. The van der Waals surface area contributed by atoms with Gasteiger partial charge >= 0.3 is 11.5 Å². The van der Waals surface area contributed by atoms with Crippen molar-refractivity contribution in [2.24, 2.45) is 0 Å². The first-order valence-corrected chi connectivity index (χ1v) is 13.8. The van der Waals surface area contributed by atoms with E-state index in [1.165, 1.54) is 33.4 Å². The van der Waals surface area contributed by atoms with Crippen LogP contribution in [0.2, 0.25) is 10.0 Å². The van der Waals surface area contributed by atoms with Gasteiger partial charge in [-0.1, -0.05) is 51.7 Å². The largest absolute Gasteiger partial charge is 0.441 e. The van der Waals surface area contributed by atoms with Gasteiger partial charge in [-0.15, -0.1) is 0 Å². The molecule has 6 rings (SSSR count). The fourth-order valence-electron chi connectivity index (χ4n) is 4.22. The van der Waals surface area contributed by atoms with E-state index in [0.29, 0.717) is 11.6 Å². The van der Waals surface area contributed by atoms with Gasteiger partial charge in [0.1, 0.15) is 11.6 Å². The summed E-state index contributed by atoms with van der Waals surface area (Å²) in [5, 5.41) is 8.01. The smallest absolute Gasteiger partial charge is 0.296 e. The summed E-state index contributed by atoms with van der Waals surface area (Å²) in [5.41, 5.74) is 2.23. The number of benzene rings is 2. The van der Waals surface area contributed by atoms with E-state index in [4.69, 9.17) is 32.2 Å². The quantitative estimate of drug-likeness (QED) is 0.219. The Balaban J connectivity index is 0.000000175. The van der Waals surface area contributed by atoms with E-state index in [0.717, 1.165) is 11.1 Å². The molecule has 0 N–H and O–H groups in total. The van der Waals surface area contributed by atoms with Crippen molar-refractivity contribution in [3.63, 3.8) is 0 Å².